The predicted octanol–water partition coefficient (Wildman–Crippen LogP) is 2.94. The van der Waals surface area contributed by atoms with Gasteiger partial charge in [0.05, 0.1) is 12.5 Å². The molecule has 14 heavy (non-hydrogen) atoms. The lowest BCUT2D eigenvalue weighted by Crippen LogP contribution is -2.39. The number of hydrogen-bond acceptors (Lipinski definition) is 2. The summed E-state index contributed by atoms with van der Waals surface area (Å²) in [5.74, 6) is 0. The Morgan fingerprint density at radius 1 is 1.36 bits per heavy atom. The molecule has 0 radical (unpaired) electrons. The molecule has 0 amide bonds. The Bertz CT molecular complexity index is 183. The molecule has 1 saturated heterocycles. The second-order valence-electron chi connectivity index (χ2n) is 4.25. The molecule has 0 aromatic heterocycles. The van der Waals surface area contributed by atoms with Crippen LogP contribution in [0.25, 0.3) is 0 Å². The third-order valence-electron chi connectivity index (χ3n) is 3.12. The van der Waals surface area contributed by atoms with Crippen LogP contribution in [-0.4, -0.2) is 24.0 Å². The van der Waals surface area contributed by atoms with Crippen LogP contribution in [0.4, 0.5) is 0 Å². The lowest BCUT2D eigenvalue weighted by atomic mass is 9.99. The summed E-state index contributed by atoms with van der Waals surface area (Å²) in [6.45, 7) is 4.67. The van der Waals surface area contributed by atoms with Crippen LogP contribution in [0.5, 0.6) is 0 Å². The SMILES string of the molecule is CCCCCN1CCCCC1CC#N. The van der Waals surface area contributed by atoms with Crippen LogP contribution in [0.3, 0.4) is 0 Å². The molecule has 1 unspecified atom stereocenters. The molecule has 1 aliphatic rings. The molecule has 1 fully saturated rings. The molecule has 1 atom stereocenters. The third-order valence-corrected chi connectivity index (χ3v) is 3.12. The molecular weight excluding hydrogens is 172 g/mol. The number of nitriles is 1. The minimum Gasteiger partial charge on any atom is -0.299 e. The molecule has 1 heterocycles. The molecule has 0 aromatic carbocycles. The number of piperidine rings is 1. The van der Waals surface area contributed by atoms with Gasteiger partial charge in [-0.1, -0.05) is 26.2 Å². The first-order valence-corrected chi connectivity index (χ1v) is 5.99. The van der Waals surface area contributed by atoms with Gasteiger partial charge >= 0.3 is 0 Å². The number of unbranched alkanes of at least 4 members (excludes halogenated alkanes) is 2. The van der Waals surface area contributed by atoms with E-state index in [1.165, 1.54) is 51.6 Å². The Balaban J connectivity index is 2.27. The van der Waals surface area contributed by atoms with Crippen molar-refractivity contribution in [3.63, 3.8) is 0 Å². The summed E-state index contributed by atoms with van der Waals surface area (Å²) in [6, 6.07) is 2.88. The number of hydrogen-bond donors (Lipinski definition) is 0. The van der Waals surface area contributed by atoms with Crippen LogP contribution in [0.1, 0.15) is 51.9 Å². The van der Waals surface area contributed by atoms with E-state index in [-0.39, 0.29) is 0 Å². The lowest BCUT2D eigenvalue weighted by Gasteiger charge is -2.34. The van der Waals surface area contributed by atoms with E-state index in [4.69, 9.17) is 5.26 Å². The van der Waals surface area contributed by atoms with Gasteiger partial charge in [0, 0.05) is 6.04 Å². The summed E-state index contributed by atoms with van der Waals surface area (Å²) >= 11 is 0. The first-order chi connectivity index (χ1) is 6.88. The molecule has 0 aliphatic carbocycles. The van der Waals surface area contributed by atoms with E-state index in [1.807, 2.05) is 0 Å². The molecule has 2 nitrogen and oxygen atoms in total. The van der Waals surface area contributed by atoms with E-state index >= 15 is 0 Å². The van der Waals surface area contributed by atoms with Crippen LogP contribution < -0.4 is 0 Å². The van der Waals surface area contributed by atoms with Gasteiger partial charge in [-0.3, -0.25) is 4.90 Å². The topological polar surface area (TPSA) is 27.0 Å². The minimum atomic E-state index is 0.561. The number of nitrogens with zero attached hydrogens (tertiary/aromatic N) is 2. The highest BCUT2D eigenvalue weighted by atomic mass is 15.2. The van der Waals surface area contributed by atoms with Gasteiger partial charge in [0.1, 0.15) is 0 Å². The molecule has 2 heteroatoms. The second-order valence-corrected chi connectivity index (χ2v) is 4.25. The number of likely N-dealkylation sites (tertiary alicyclic amines) is 1. The van der Waals surface area contributed by atoms with Crippen molar-refractivity contribution in [2.24, 2.45) is 0 Å². The van der Waals surface area contributed by atoms with Crippen LogP contribution in [0.15, 0.2) is 0 Å². The van der Waals surface area contributed by atoms with Gasteiger partial charge in [0.15, 0.2) is 0 Å². The molecule has 80 valence electrons. The van der Waals surface area contributed by atoms with Gasteiger partial charge in [-0.05, 0) is 32.4 Å². The summed E-state index contributed by atoms with van der Waals surface area (Å²) in [4.78, 5) is 2.53. The van der Waals surface area contributed by atoms with E-state index < -0.39 is 0 Å². The molecule has 1 rings (SSSR count). The van der Waals surface area contributed by atoms with E-state index in [0.29, 0.717) is 6.04 Å². The largest absolute Gasteiger partial charge is 0.299 e. The standard InChI is InChI=1S/C12H22N2/c1-2-3-5-10-14-11-6-4-7-12(14)8-9-13/h12H,2-8,10-11H2,1H3. The molecule has 0 saturated carbocycles. The highest BCUT2D eigenvalue weighted by Crippen LogP contribution is 2.19. The van der Waals surface area contributed by atoms with Crippen LogP contribution >= 0.6 is 0 Å². The Labute approximate surface area is 87.9 Å². The number of rotatable bonds is 5. The molecule has 0 aromatic rings. The van der Waals surface area contributed by atoms with Crippen molar-refractivity contribution in [1.29, 1.82) is 5.26 Å². The minimum absolute atomic E-state index is 0.561. The summed E-state index contributed by atoms with van der Waals surface area (Å²) in [5, 5.41) is 8.73. The zero-order chi connectivity index (χ0) is 10.2. The van der Waals surface area contributed by atoms with Crippen molar-refractivity contribution in [3.05, 3.63) is 0 Å². The fourth-order valence-corrected chi connectivity index (χ4v) is 2.26. The lowest BCUT2D eigenvalue weighted by molar-refractivity contribution is 0.148. The van der Waals surface area contributed by atoms with Crippen molar-refractivity contribution in [1.82, 2.24) is 4.90 Å². The summed E-state index contributed by atoms with van der Waals surface area (Å²) in [6.07, 6.45) is 8.53. The Morgan fingerprint density at radius 2 is 2.21 bits per heavy atom. The Hall–Kier alpha value is -0.550. The zero-order valence-corrected chi connectivity index (χ0v) is 9.34. The summed E-state index contributed by atoms with van der Waals surface area (Å²) < 4.78 is 0. The van der Waals surface area contributed by atoms with Crippen LogP contribution in [-0.2, 0) is 0 Å². The van der Waals surface area contributed by atoms with E-state index in [1.54, 1.807) is 0 Å². The Kier molecular flexibility index (Phi) is 5.63. The zero-order valence-electron chi connectivity index (χ0n) is 9.34. The maximum absolute atomic E-state index is 8.73. The molecule has 1 aliphatic heterocycles. The molecular formula is C12H22N2. The summed E-state index contributed by atoms with van der Waals surface area (Å²) in [7, 11) is 0. The molecule has 0 spiro atoms. The van der Waals surface area contributed by atoms with Crippen molar-refractivity contribution >= 4 is 0 Å². The predicted molar refractivity (Wildman–Crippen MR) is 59.0 cm³/mol. The molecule has 0 N–H and O–H groups in total. The average molecular weight is 194 g/mol. The van der Waals surface area contributed by atoms with Gasteiger partial charge in [0.2, 0.25) is 0 Å². The van der Waals surface area contributed by atoms with Crippen LogP contribution in [0.2, 0.25) is 0 Å². The molecule has 0 bridgehead atoms. The summed E-state index contributed by atoms with van der Waals surface area (Å²) in [5.41, 5.74) is 0. The maximum atomic E-state index is 8.73. The maximum Gasteiger partial charge on any atom is 0.0638 e. The van der Waals surface area contributed by atoms with E-state index in [0.717, 1.165) is 6.42 Å². The van der Waals surface area contributed by atoms with Gasteiger partial charge in [-0.15, -0.1) is 0 Å². The normalized spacial score (nSPS) is 23.3. The second kappa shape index (κ2) is 6.84. The third kappa shape index (κ3) is 3.67. The monoisotopic (exact) mass is 194 g/mol. The van der Waals surface area contributed by atoms with Gasteiger partial charge in [-0.25, -0.2) is 0 Å². The highest BCUT2D eigenvalue weighted by Gasteiger charge is 2.20. The van der Waals surface area contributed by atoms with Gasteiger partial charge < -0.3 is 0 Å². The van der Waals surface area contributed by atoms with Gasteiger partial charge in [-0.2, -0.15) is 5.26 Å². The van der Waals surface area contributed by atoms with Gasteiger partial charge in [0.25, 0.3) is 0 Å². The van der Waals surface area contributed by atoms with Crippen molar-refractivity contribution in [3.8, 4) is 6.07 Å². The van der Waals surface area contributed by atoms with E-state index in [9.17, 15) is 0 Å². The first-order valence-electron chi connectivity index (χ1n) is 5.99. The van der Waals surface area contributed by atoms with Crippen LogP contribution in [0, 0.1) is 11.3 Å². The average Bonchev–Trinajstić information content (AvgIpc) is 2.21. The fraction of sp³-hybridized carbons (Fsp3) is 0.917. The van der Waals surface area contributed by atoms with Crippen molar-refractivity contribution in [2.45, 2.75) is 57.9 Å². The smallest absolute Gasteiger partial charge is 0.0638 e. The van der Waals surface area contributed by atoms with Crippen molar-refractivity contribution in [2.75, 3.05) is 13.1 Å². The quantitative estimate of drug-likeness (QED) is 0.629. The highest BCUT2D eigenvalue weighted by molar-refractivity contribution is 4.85. The van der Waals surface area contributed by atoms with Crippen molar-refractivity contribution < 1.29 is 0 Å². The Morgan fingerprint density at radius 3 is 2.93 bits per heavy atom. The van der Waals surface area contributed by atoms with E-state index in [2.05, 4.69) is 17.9 Å². The fourth-order valence-electron chi connectivity index (χ4n) is 2.26. The first kappa shape index (κ1) is 11.5.